The van der Waals surface area contributed by atoms with Crippen LogP contribution in [0.25, 0.3) is 11.3 Å². The van der Waals surface area contributed by atoms with Crippen molar-refractivity contribution in [2.24, 2.45) is 12.8 Å². The highest BCUT2D eigenvalue weighted by atomic mass is 16.5. The lowest BCUT2D eigenvalue weighted by Gasteiger charge is -2.06. The molecule has 0 bridgehead atoms. The van der Waals surface area contributed by atoms with E-state index in [1.807, 2.05) is 30.7 Å². The number of nitrogens with two attached hydrogens (primary N) is 1. The number of aryl methyl sites for hydroxylation is 1. The fourth-order valence-corrected chi connectivity index (χ4v) is 2.12. The van der Waals surface area contributed by atoms with Crippen LogP contribution in [0.5, 0.6) is 5.75 Å². The van der Waals surface area contributed by atoms with Gasteiger partial charge in [-0.25, -0.2) is 4.98 Å². The standard InChI is InChI=1S/C14H19N3O/c1-9-7-11(5-6-12(9)18-4)14-10(2)17(3)13(8-15)16-14/h5-7H,8,15H2,1-4H3. The van der Waals surface area contributed by atoms with Crippen molar-refractivity contribution in [1.29, 1.82) is 0 Å². The summed E-state index contributed by atoms with van der Waals surface area (Å²) in [6, 6.07) is 6.09. The average Bonchev–Trinajstić information content (AvgIpc) is 2.66. The molecule has 96 valence electrons. The molecule has 0 aliphatic carbocycles. The van der Waals surface area contributed by atoms with Crippen molar-refractivity contribution >= 4 is 0 Å². The van der Waals surface area contributed by atoms with E-state index >= 15 is 0 Å². The van der Waals surface area contributed by atoms with Crippen LogP contribution < -0.4 is 10.5 Å². The fraction of sp³-hybridized carbons (Fsp3) is 0.357. The van der Waals surface area contributed by atoms with Gasteiger partial charge in [0.05, 0.1) is 19.3 Å². The molecule has 1 aromatic carbocycles. The van der Waals surface area contributed by atoms with Gasteiger partial charge in [0, 0.05) is 18.3 Å². The number of nitrogens with zero attached hydrogens (tertiary/aromatic N) is 2. The lowest BCUT2D eigenvalue weighted by Crippen LogP contribution is -2.05. The first-order chi connectivity index (χ1) is 8.58. The van der Waals surface area contributed by atoms with Crippen molar-refractivity contribution in [3.05, 3.63) is 35.3 Å². The summed E-state index contributed by atoms with van der Waals surface area (Å²) in [5, 5.41) is 0. The van der Waals surface area contributed by atoms with E-state index in [2.05, 4.69) is 18.0 Å². The third kappa shape index (κ3) is 1.99. The summed E-state index contributed by atoms with van der Waals surface area (Å²) in [4.78, 5) is 4.59. The highest BCUT2D eigenvalue weighted by Crippen LogP contribution is 2.27. The molecule has 0 saturated heterocycles. The van der Waals surface area contributed by atoms with Gasteiger partial charge in [0.1, 0.15) is 11.6 Å². The van der Waals surface area contributed by atoms with E-state index in [9.17, 15) is 0 Å². The lowest BCUT2D eigenvalue weighted by molar-refractivity contribution is 0.412. The van der Waals surface area contributed by atoms with Gasteiger partial charge in [-0.2, -0.15) is 0 Å². The van der Waals surface area contributed by atoms with Gasteiger partial charge >= 0.3 is 0 Å². The Morgan fingerprint density at radius 1 is 1.33 bits per heavy atom. The van der Waals surface area contributed by atoms with Crippen molar-refractivity contribution in [3.8, 4) is 17.0 Å². The first kappa shape index (κ1) is 12.6. The Kier molecular flexibility index (Phi) is 3.39. The summed E-state index contributed by atoms with van der Waals surface area (Å²) < 4.78 is 7.31. The van der Waals surface area contributed by atoms with E-state index in [1.165, 1.54) is 0 Å². The maximum absolute atomic E-state index is 5.68. The summed E-state index contributed by atoms with van der Waals surface area (Å²) in [6.45, 7) is 4.54. The minimum atomic E-state index is 0.451. The quantitative estimate of drug-likeness (QED) is 0.901. The topological polar surface area (TPSA) is 53.1 Å². The summed E-state index contributed by atoms with van der Waals surface area (Å²) in [7, 11) is 3.67. The van der Waals surface area contributed by atoms with Gasteiger partial charge < -0.3 is 15.0 Å². The highest BCUT2D eigenvalue weighted by Gasteiger charge is 2.12. The Bertz CT molecular complexity index is 573. The lowest BCUT2D eigenvalue weighted by atomic mass is 10.1. The predicted molar refractivity (Wildman–Crippen MR) is 72.6 cm³/mol. The zero-order valence-electron chi connectivity index (χ0n) is 11.3. The number of aromatic nitrogens is 2. The smallest absolute Gasteiger partial charge is 0.123 e. The Morgan fingerprint density at radius 3 is 2.56 bits per heavy atom. The molecule has 2 N–H and O–H groups in total. The largest absolute Gasteiger partial charge is 0.496 e. The summed E-state index contributed by atoms with van der Waals surface area (Å²) >= 11 is 0. The first-order valence-corrected chi connectivity index (χ1v) is 5.95. The van der Waals surface area contributed by atoms with Gasteiger partial charge in [-0.1, -0.05) is 0 Å². The monoisotopic (exact) mass is 245 g/mol. The maximum Gasteiger partial charge on any atom is 0.123 e. The predicted octanol–water partition coefficient (Wildman–Crippen LogP) is 2.17. The maximum atomic E-state index is 5.68. The van der Waals surface area contributed by atoms with Gasteiger partial charge in [-0.15, -0.1) is 0 Å². The highest BCUT2D eigenvalue weighted by molar-refractivity contribution is 5.64. The van der Waals surface area contributed by atoms with E-state index < -0.39 is 0 Å². The van der Waals surface area contributed by atoms with Crippen LogP contribution in [0, 0.1) is 13.8 Å². The van der Waals surface area contributed by atoms with Gasteiger partial charge in [-0.05, 0) is 37.6 Å². The second kappa shape index (κ2) is 4.82. The molecule has 18 heavy (non-hydrogen) atoms. The molecule has 0 aliphatic rings. The molecule has 0 atom stereocenters. The molecule has 0 spiro atoms. The number of benzene rings is 1. The van der Waals surface area contributed by atoms with Gasteiger partial charge in [0.25, 0.3) is 0 Å². The van der Waals surface area contributed by atoms with Crippen molar-refractivity contribution < 1.29 is 4.74 Å². The SMILES string of the molecule is COc1ccc(-c2nc(CN)n(C)c2C)cc1C. The third-order valence-corrected chi connectivity index (χ3v) is 3.32. The zero-order chi connectivity index (χ0) is 13.3. The van der Waals surface area contributed by atoms with Crippen molar-refractivity contribution in [2.75, 3.05) is 7.11 Å². The molecule has 1 aromatic heterocycles. The molecule has 0 aliphatic heterocycles. The zero-order valence-corrected chi connectivity index (χ0v) is 11.3. The molecule has 1 heterocycles. The van der Waals surface area contributed by atoms with Crippen LogP contribution in [0.4, 0.5) is 0 Å². The molecular weight excluding hydrogens is 226 g/mol. The Labute approximate surface area is 107 Å². The Balaban J connectivity index is 2.52. The van der Waals surface area contributed by atoms with E-state index in [-0.39, 0.29) is 0 Å². The van der Waals surface area contributed by atoms with Gasteiger partial charge in [0.2, 0.25) is 0 Å². The van der Waals surface area contributed by atoms with Crippen LogP contribution in [0.1, 0.15) is 17.1 Å². The molecule has 0 amide bonds. The summed E-state index contributed by atoms with van der Waals surface area (Å²) in [6.07, 6.45) is 0. The minimum absolute atomic E-state index is 0.451. The third-order valence-electron chi connectivity index (χ3n) is 3.32. The van der Waals surface area contributed by atoms with Crippen LogP contribution in [-0.2, 0) is 13.6 Å². The number of imidazole rings is 1. The molecule has 0 unspecified atom stereocenters. The molecule has 4 nitrogen and oxygen atoms in total. The second-order valence-corrected chi connectivity index (χ2v) is 4.41. The molecule has 0 fully saturated rings. The summed E-state index contributed by atoms with van der Waals surface area (Å²) in [5.41, 5.74) is 10.0. The van der Waals surface area contributed by atoms with Crippen LogP contribution in [0.15, 0.2) is 18.2 Å². The Morgan fingerprint density at radius 2 is 2.06 bits per heavy atom. The van der Waals surface area contributed by atoms with Crippen LogP contribution >= 0.6 is 0 Å². The fourth-order valence-electron chi connectivity index (χ4n) is 2.12. The molecular formula is C14H19N3O. The van der Waals surface area contributed by atoms with E-state index in [0.29, 0.717) is 6.54 Å². The molecule has 2 rings (SSSR count). The number of hydrogen-bond donors (Lipinski definition) is 1. The van der Waals surface area contributed by atoms with Crippen molar-refractivity contribution in [3.63, 3.8) is 0 Å². The van der Waals surface area contributed by atoms with Gasteiger partial charge in [0.15, 0.2) is 0 Å². The van der Waals surface area contributed by atoms with Crippen LogP contribution in [0.3, 0.4) is 0 Å². The molecule has 0 saturated carbocycles. The van der Waals surface area contributed by atoms with Crippen molar-refractivity contribution in [1.82, 2.24) is 9.55 Å². The molecule has 2 aromatic rings. The van der Waals surface area contributed by atoms with Gasteiger partial charge in [-0.3, -0.25) is 0 Å². The van der Waals surface area contributed by atoms with Crippen molar-refractivity contribution in [2.45, 2.75) is 20.4 Å². The average molecular weight is 245 g/mol. The molecule has 4 heteroatoms. The minimum Gasteiger partial charge on any atom is -0.496 e. The molecule has 0 radical (unpaired) electrons. The number of rotatable bonds is 3. The number of hydrogen-bond acceptors (Lipinski definition) is 3. The van der Waals surface area contributed by atoms with Crippen LogP contribution in [0.2, 0.25) is 0 Å². The number of ether oxygens (including phenoxy) is 1. The normalized spacial score (nSPS) is 10.7. The first-order valence-electron chi connectivity index (χ1n) is 5.95. The second-order valence-electron chi connectivity index (χ2n) is 4.41. The Hall–Kier alpha value is -1.81. The van der Waals surface area contributed by atoms with E-state index in [1.54, 1.807) is 7.11 Å². The van der Waals surface area contributed by atoms with E-state index in [0.717, 1.165) is 34.1 Å². The van der Waals surface area contributed by atoms with Crippen LogP contribution in [-0.4, -0.2) is 16.7 Å². The summed E-state index contributed by atoms with van der Waals surface area (Å²) in [5.74, 6) is 1.79. The number of methoxy groups -OCH3 is 1. The van der Waals surface area contributed by atoms with E-state index in [4.69, 9.17) is 10.5 Å².